The minimum Gasteiger partial charge on any atom is -0.458 e. The molecule has 0 saturated heterocycles. The second kappa shape index (κ2) is 7.86. The van der Waals surface area contributed by atoms with Crippen LogP contribution in [0, 0.1) is 5.92 Å². The first-order valence-electron chi connectivity index (χ1n) is 9.34. The van der Waals surface area contributed by atoms with E-state index in [9.17, 15) is 4.79 Å². The van der Waals surface area contributed by atoms with E-state index < -0.39 is 11.6 Å². The van der Waals surface area contributed by atoms with Gasteiger partial charge >= 0.3 is 5.97 Å². The number of hydrogen-bond acceptors (Lipinski definition) is 3. The molecule has 2 aromatic carbocycles. The van der Waals surface area contributed by atoms with Crippen molar-refractivity contribution < 1.29 is 9.53 Å². The van der Waals surface area contributed by atoms with Crippen molar-refractivity contribution in [1.82, 2.24) is 0 Å². The number of benzene rings is 2. The molecule has 0 N–H and O–H groups in total. The predicted molar refractivity (Wildman–Crippen MR) is 105 cm³/mol. The number of rotatable bonds is 6. The molecule has 0 amide bonds. The Morgan fingerprint density at radius 1 is 1.00 bits per heavy atom. The van der Waals surface area contributed by atoms with Crippen LogP contribution in [0.25, 0.3) is 0 Å². The highest BCUT2D eigenvalue weighted by Gasteiger charge is 2.32. The van der Waals surface area contributed by atoms with E-state index in [4.69, 9.17) is 9.73 Å². The lowest BCUT2D eigenvalue weighted by Crippen LogP contribution is -2.32. The molecule has 26 heavy (non-hydrogen) atoms. The molecule has 3 rings (SSSR count). The molecule has 0 heterocycles. The Hall–Kier alpha value is -2.42. The number of ether oxygens (including phenoxy) is 1. The Morgan fingerprint density at radius 2 is 1.50 bits per heavy atom. The molecule has 1 fully saturated rings. The highest BCUT2D eigenvalue weighted by Crippen LogP contribution is 2.35. The summed E-state index contributed by atoms with van der Waals surface area (Å²) < 4.78 is 5.66. The molecule has 1 atom stereocenters. The van der Waals surface area contributed by atoms with Gasteiger partial charge in [0.05, 0.1) is 5.71 Å². The molecule has 1 saturated carbocycles. The maximum atomic E-state index is 12.8. The van der Waals surface area contributed by atoms with Gasteiger partial charge in [0.15, 0.2) is 0 Å². The van der Waals surface area contributed by atoms with Crippen LogP contribution in [0.4, 0.5) is 0 Å². The Kier molecular flexibility index (Phi) is 5.55. The minimum atomic E-state index is -0.506. The molecule has 0 spiro atoms. The lowest BCUT2D eigenvalue weighted by atomic mass is 10.0. The lowest BCUT2D eigenvalue weighted by molar-refractivity contribution is -0.156. The van der Waals surface area contributed by atoms with Crippen molar-refractivity contribution >= 4 is 11.7 Å². The molecule has 0 aliphatic heterocycles. The summed E-state index contributed by atoms with van der Waals surface area (Å²) in [5.41, 5.74) is 2.38. The van der Waals surface area contributed by atoms with Gasteiger partial charge in [-0.25, -0.2) is 4.79 Å². The van der Waals surface area contributed by atoms with Crippen LogP contribution in [-0.4, -0.2) is 23.3 Å². The van der Waals surface area contributed by atoms with E-state index in [0.717, 1.165) is 23.3 Å². The monoisotopic (exact) mass is 349 g/mol. The first-order chi connectivity index (χ1) is 12.4. The molecule has 0 unspecified atom stereocenters. The van der Waals surface area contributed by atoms with E-state index in [1.165, 1.54) is 12.8 Å². The van der Waals surface area contributed by atoms with Gasteiger partial charge in [0.2, 0.25) is 0 Å². The Balaban J connectivity index is 1.98. The summed E-state index contributed by atoms with van der Waals surface area (Å²) in [5.74, 6) is 0.359. The van der Waals surface area contributed by atoms with Gasteiger partial charge in [0.1, 0.15) is 11.6 Å². The standard InChI is InChI=1S/C23H27NO2/c1-23(2,3)26-22(25)20(16-17-14-15-17)24-21(18-10-6-4-7-11-18)19-12-8-5-9-13-19/h4-13,17,20H,14-16H2,1-3H3/t20-/m0/s1. The maximum Gasteiger partial charge on any atom is 0.331 e. The smallest absolute Gasteiger partial charge is 0.331 e. The van der Waals surface area contributed by atoms with Crippen LogP contribution in [0.15, 0.2) is 65.7 Å². The van der Waals surface area contributed by atoms with Gasteiger partial charge in [-0.05, 0) is 33.1 Å². The van der Waals surface area contributed by atoms with Crippen LogP contribution < -0.4 is 0 Å². The highest BCUT2D eigenvalue weighted by molar-refractivity contribution is 6.13. The zero-order valence-corrected chi connectivity index (χ0v) is 15.8. The zero-order chi connectivity index (χ0) is 18.6. The number of esters is 1. The number of aliphatic imine (C=N–C) groups is 1. The van der Waals surface area contributed by atoms with E-state index in [1.807, 2.05) is 81.4 Å². The van der Waals surface area contributed by atoms with Gasteiger partial charge in [-0.15, -0.1) is 0 Å². The molecule has 136 valence electrons. The summed E-state index contributed by atoms with van der Waals surface area (Å²) in [7, 11) is 0. The second-order valence-corrected chi connectivity index (χ2v) is 7.94. The van der Waals surface area contributed by atoms with Crippen LogP contribution in [0.1, 0.15) is 51.2 Å². The molecule has 1 aliphatic rings. The molecule has 0 radical (unpaired) electrons. The van der Waals surface area contributed by atoms with Crippen LogP contribution in [0.3, 0.4) is 0 Å². The normalized spacial score (nSPS) is 15.2. The van der Waals surface area contributed by atoms with Crippen LogP contribution in [-0.2, 0) is 9.53 Å². The van der Waals surface area contributed by atoms with Gasteiger partial charge < -0.3 is 4.74 Å². The SMILES string of the molecule is CC(C)(C)OC(=O)[C@H](CC1CC1)N=C(c1ccccc1)c1ccccc1. The van der Waals surface area contributed by atoms with Gasteiger partial charge in [-0.2, -0.15) is 0 Å². The van der Waals surface area contributed by atoms with E-state index in [-0.39, 0.29) is 5.97 Å². The fourth-order valence-electron chi connectivity index (χ4n) is 2.90. The minimum absolute atomic E-state index is 0.228. The summed E-state index contributed by atoms with van der Waals surface area (Å²) in [4.78, 5) is 17.7. The Bertz CT molecular complexity index is 714. The van der Waals surface area contributed by atoms with Crippen molar-refractivity contribution in [1.29, 1.82) is 0 Å². The fraction of sp³-hybridized carbons (Fsp3) is 0.391. The molecule has 3 nitrogen and oxygen atoms in total. The highest BCUT2D eigenvalue weighted by atomic mass is 16.6. The van der Waals surface area contributed by atoms with Crippen molar-refractivity contribution in [2.45, 2.75) is 51.7 Å². The van der Waals surface area contributed by atoms with Crippen molar-refractivity contribution in [2.75, 3.05) is 0 Å². The molecule has 0 bridgehead atoms. The summed E-state index contributed by atoms with van der Waals surface area (Å²) in [6.07, 6.45) is 3.12. The molecule has 1 aliphatic carbocycles. The zero-order valence-electron chi connectivity index (χ0n) is 15.8. The predicted octanol–water partition coefficient (Wildman–Crippen LogP) is 5.03. The maximum absolute atomic E-state index is 12.8. The summed E-state index contributed by atoms with van der Waals surface area (Å²) in [5, 5.41) is 0. The van der Waals surface area contributed by atoms with Gasteiger partial charge in [-0.1, -0.05) is 73.5 Å². The molecular weight excluding hydrogens is 322 g/mol. The Morgan fingerprint density at radius 3 is 1.92 bits per heavy atom. The van der Waals surface area contributed by atoms with Crippen LogP contribution >= 0.6 is 0 Å². The number of carbonyl (C=O) groups excluding carboxylic acids is 1. The average Bonchev–Trinajstić information content (AvgIpc) is 3.42. The largest absolute Gasteiger partial charge is 0.458 e. The van der Waals surface area contributed by atoms with Crippen molar-refractivity contribution in [3.63, 3.8) is 0 Å². The van der Waals surface area contributed by atoms with Crippen LogP contribution in [0.5, 0.6) is 0 Å². The summed E-state index contributed by atoms with van der Waals surface area (Å²) in [6.45, 7) is 5.70. The molecular formula is C23H27NO2. The van der Waals surface area contributed by atoms with E-state index in [2.05, 4.69) is 0 Å². The van der Waals surface area contributed by atoms with E-state index in [0.29, 0.717) is 5.92 Å². The topological polar surface area (TPSA) is 38.7 Å². The first kappa shape index (κ1) is 18.4. The number of hydrogen-bond donors (Lipinski definition) is 0. The number of nitrogens with zero attached hydrogens (tertiary/aromatic N) is 1. The first-order valence-corrected chi connectivity index (χ1v) is 9.34. The summed E-state index contributed by atoms with van der Waals surface area (Å²) in [6, 6.07) is 19.7. The molecule has 2 aromatic rings. The van der Waals surface area contributed by atoms with E-state index in [1.54, 1.807) is 0 Å². The van der Waals surface area contributed by atoms with Crippen molar-refractivity contribution in [3.05, 3.63) is 71.8 Å². The quantitative estimate of drug-likeness (QED) is 0.542. The molecule has 3 heteroatoms. The van der Waals surface area contributed by atoms with Crippen molar-refractivity contribution in [3.8, 4) is 0 Å². The second-order valence-electron chi connectivity index (χ2n) is 7.94. The number of carbonyl (C=O) groups is 1. The lowest BCUT2D eigenvalue weighted by Gasteiger charge is -2.23. The third-order valence-corrected chi connectivity index (χ3v) is 4.31. The Labute approximate surface area is 156 Å². The van der Waals surface area contributed by atoms with Gasteiger partial charge in [0.25, 0.3) is 0 Å². The average molecular weight is 349 g/mol. The van der Waals surface area contributed by atoms with Crippen LogP contribution in [0.2, 0.25) is 0 Å². The van der Waals surface area contributed by atoms with E-state index >= 15 is 0 Å². The third kappa shape index (κ3) is 5.29. The summed E-state index contributed by atoms with van der Waals surface area (Å²) >= 11 is 0. The third-order valence-electron chi connectivity index (χ3n) is 4.31. The van der Waals surface area contributed by atoms with Crippen molar-refractivity contribution in [2.24, 2.45) is 10.9 Å². The van der Waals surface area contributed by atoms with Gasteiger partial charge in [-0.3, -0.25) is 4.99 Å². The fourth-order valence-corrected chi connectivity index (χ4v) is 2.90. The molecule has 0 aromatic heterocycles. The van der Waals surface area contributed by atoms with Gasteiger partial charge in [0, 0.05) is 11.1 Å².